The molecule has 0 aliphatic heterocycles. The molecule has 5 nitrogen and oxygen atoms in total. The summed E-state index contributed by atoms with van der Waals surface area (Å²) >= 11 is 1.56. The van der Waals surface area contributed by atoms with Crippen LogP contribution in [0.3, 0.4) is 0 Å². The van der Waals surface area contributed by atoms with E-state index in [9.17, 15) is 9.59 Å². The van der Waals surface area contributed by atoms with Crippen LogP contribution in [-0.2, 0) is 4.79 Å². The number of aliphatic carboxylic acids is 1. The van der Waals surface area contributed by atoms with Crippen molar-refractivity contribution in [2.24, 2.45) is 0 Å². The molecule has 0 bridgehead atoms. The lowest BCUT2D eigenvalue weighted by atomic mass is 10.1. The summed E-state index contributed by atoms with van der Waals surface area (Å²) in [5, 5.41) is 18.0. The highest BCUT2D eigenvalue weighted by atomic mass is 32.1. The van der Waals surface area contributed by atoms with E-state index in [0.29, 0.717) is 12.8 Å². The van der Waals surface area contributed by atoms with Crippen LogP contribution in [0, 0.1) is 0 Å². The van der Waals surface area contributed by atoms with Gasteiger partial charge in [-0.3, -0.25) is 0 Å². The number of carbonyl (C=O) groups is 2. The van der Waals surface area contributed by atoms with Crippen molar-refractivity contribution in [3.63, 3.8) is 0 Å². The van der Waals surface area contributed by atoms with Gasteiger partial charge in [0.05, 0.1) is 6.04 Å². The molecule has 0 spiro atoms. The van der Waals surface area contributed by atoms with Gasteiger partial charge in [0.15, 0.2) is 0 Å². The van der Waals surface area contributed by atoms with Crippen molar-refractivity contribution in [3.05, 3.63) is 22.4 Å². The van der Waals surface area contributed by atoms with Crippen LogP contribution in [0.5, 0.6) is 0 Å². The van der Waals surface area contributed by atoms with E-state index in [2.05, 4.69) is 10.6 Å². The smallest absolute Gasteiger partial charge is 0.326 e. The molecule has 0 radical (unpaired) electrons. The van der Waals surface area contributed by atoms with Crippen molar-refractivity contribution in [1.82, 2.24) is 10.6 Å². The van der Waals surface area contributed by atoms with Crippen LogP contribution in [0.2, 0.25) is 0 Å². The predicted octanol–water partition coefficient (Wildman–Crippen LogP) is 2.36. The van der Waals surface area contributed by atoms with Crippen molar-refractivity contribution >= 4 is 23.3 Å². The molecule has 0 saturated heterocycles. The molecule has 0 saturated carbocycles. The van der Waals surface area contributed by atoms with Gasteiger partial charge < -0.3 is 15.7 Å². The van der Waals surface area contributed by atoms with Crippen molar-refractivity contribution in [2.75, 3.05) is 0 Å². The summed E-state index contributed by atoms with van der Waals surface area (Å²) < 4.78 is 0. The molecule has 0 fully saturated rings. The summed E-state index contributed by atoms with van der Waals surface area (Å²) in [4.78, 5) is 22.6. The lowest BCUT2D eigenvalue weighted by Crippen LogP contribution is -2.46. The lowest BCUT2D eigenvalue weighted by molar-refractivity contribution is -0.139. The maximum Gasteiger partial charge on any atom is 0.326 e. The number of hydrogen-bond acceptors (Lipinski definition) is 3. The minimum atomic E-state index is -1.00. The summed E-state index contributed by atoms with van der Waals surface area (Å²) in [5.41, 5.74) is 1.01. The molecule has 0 aromatic carbocycles. The Labute approximate surface area is 110 Å². The summed E-state index contributed by atoms with van der Waals surface area (Å²) in [6.07, 6.45) is 1.13. The van der Waals surface area contributed by atoms with Crippen molar-refractivity contribution < 1.29 is 14.7 Å². The Hall–Kier alpha value is -1.56. The number of carboxylic acids is 1. The molecule has 2 atom stereocenters. The van der Waals surface area contributed by atoms with E-state index in [-0.39, 0.29) is 6.04 Å². The van der Waals surface area contributed by atoms with E-state index in [4.69, 9.17) is 5.11 Å². The number of rotatable bonds is 6. The third kappa shape index (κ3) is 4.37. The molecule has 3 N–H and O–H groups in total. The Morgan fingerprint density at radius 3 is 2.67 bits per heavy atom. The Morgan fingerprint density at radius 1 is 1.44 bits per heavy atom. The molecule has 2 unspecified atom stereocenters. The van der Waals surface area contributed by atoms with Gasteiger partial charge in [-0.25, -0.2) is 9.59 Å². The van der Waals surface area contributed by atoms with Gasteiger partial charge in [0.2, 0.25) is 0 Å². The van der Waals surface area contributed by atoms with Crippen LogP contribution < -0.4 is 10.6 Å². The number of carbonyl (C=O) groups excluding carboxylic acids is 1. The first-order valence-corrected chi connectivity index (χ1v) is 6.80. The Morgan fingerprint density at radius 2 is 2.17 bits per heavy atom. The first-order valence-electron chi connectivity index (χ1n) is 5.86. The molecule has 6 heteroatoms. The van der Waals surface area contributed by atoms with Crippen LogP contribution in [0.1, 0.15) is 38.3 Å². The maximum absolute atomic E-state index is 11.7. The SMILES string of the molecule is CCCC(NC(=O)NC(C)c1ccsc1)C(=O)O. The average molecular weight is 270 g/mol. The van der Waals surface area contributed by atoms with Crippen molar-refractivity contribution in [1.29, 1.82) is 0 Å². The zero-order valence-corrected chi connectivity index (χ0v) is 11.3. The second-order valence-corrected chi connectivity index (χ2v) is 4.86. The second-order valence-electron chi connectivity index (χ2n) is 4.08. The highest BCUT2D eigenvalue weighted by molar-refractivity contribution is 7.07. The predicted molar refractivity (Wildman–Crippen MR) is 70.7 cm³/mol. The van der Waals surface area contributed by atoms with Crippen molar-refractivity contribution in [3.8, 4) is 0 Å². The summed E-state index contributed by atoms with van der Waals surface area (Å²) in [7, 11) is 0. The molecular formula is C12H18N2O3S. The zero-order chi connectivity index (χ0) is 13.5. The fourth-order valence-electron chi connectivity index (χ4n) is 1.55. The van der Waals surface area contributed by atoms with Crippen LogP contribution in [0.25, 0.3) is 0 Å². The van der Waals surface area contributed by atoms with Crippen molar-refractivity contribution in [2.45, 2.75) is 38.8 Å². The number of amides is 2. The Bertz CT molecular complexity index is 392. The van der Waals surface area contributed by atoms with Gasteiger partial charge >= 0.3 is 12.0 Å². The van der Waals surface area contributed by atoms with E-state index in [1.165, 1.54) is 0 Å². The zero-order valence-electron chi connectivity index (χ0n) is 10.5. The van der Waals surface area contributed by atoms with Crippen LogP contribution in [0.4, 0.5) is 4.79 Å². The number of carboxylic acid groups (broad SMARTS) is 1. The molecule has 2 amide bonds. The Kier molecular flexibility index (Phi) is 5.64. The Balaban J connectivity index is 2.47. The normalized spacial score (nSPS) is 13.7. The first kappa shape index (κ1) is 14.5. The fourth-order valence-corrected chi connectivity index (χ4v) is 2.30. The number of thiophene rings is 1. The largest absolute Gasteiger partial charge is 0.480 e. The van der Waals surface area contributed by atoms with Crippen LogP contribution in [-0.4, -0.2) is 23.1 Å². The first-order chi connectivity index (χ1) is 8.54. The van der Waals surface area contributed by atoms with Gasteiger partial charge in [0.25, 0.3) is 0 Å². The molecule has 0 aliphatic carbocycles. The van der Waals surface area contributed by atoms with E-state index >= 15 is 0 Å². The van der Waals surface area contributed by atoms with Gasteiger partial charge in [-0.15, -0.1) is 0 Å². The fraction of sp³-hybridized carbons (Fsp3) is 0.500. The minimum absolute atomic E-state index is 0.132. The van der Waals surface area contributed by atoms with E-state index < -0.39 is 18.0 Å². The maximum atomic E-state index is 11.7. The molecule has 1 heterocycles. The molecule has 100 valence electrons. The molecule has 18 heavy (non-hydrogen) atoms. The molecule has 1 rings (SSSR count). The third-order valence-corrected chi connectivity index (χ3v) is 3.27. The third-order valence-electron chi connectivity index (χ3n) is 2.57. The van der Waals surface area contributed by atoms with E-state index in [1.807, 2.05) is 30.7 Å². The standard InChI is InChI=1S/C12H18N2O3S/c1-3-4-10(11(15)16)14-12(17)13-8(2)9-5-6-18-7-9/h5-8,10H,3-4H2,1-2H3,(H,15,16)(H2,13,14,17). The topological polar surface area (TPSA) is 78.4 Å². The second kappa shape index (κ2) is 7.00. The van der Waals surface area contributed by atoms with E-state index in [0.717, 1.165) is 5.56 Å². The van der Waals surface area contributed by atoms with Gasteiger partial charge in [-0.05, 0) is 35.7 Å². The number of hydrogen-bond donors (Lipinski definition) is 3. The lowest BCUT2D eigenvalue weighted by Gasteiger charge is -2.17. The number of urea groups is 1. The van der Waals surface area contributed by atoms with Gasteiger partial charge in [-0.2, -0.15) is 11.3 Å². The summed E-state index contributed by atoms with van der Waals surface area (Å²) in [6.45, 7) is 3.74. The van der Waals surface area contributed by atoms with E-state index in [1.54, 1.807) is 11.3 Å². The highest BCUT2D eigenvalue weighted by Crippen LogP contribution is 2.15. The summed E-state index contributed by atoms with van der Waals surface area (Å²) in [5.74, 6) is -1.00. The van der Waals surface area contributed by atoms with Gasteiger partial charge in [0.1, 0.15) is 6.04 Å². The monoisotopic (exact) mass is 270 g/mol. The minimum Gasteiger partial charge on any atom is -0.480 e. The van der Waals surface area contributed by atoms with Crippen LogP contribution >= 0.6 is 11.3 Å². The van der Waals surface area contributed by atoms with Crippen LogP contribution in [0.15, 0.2) is 16.8 Å². The van der Waals surface area contributed by atoms with Gasteiger partial charge in [-0.1, -0.05) is 13.3 Å². The van der Waals surface area contributed by atoms with Gasteiger partial charge in [0, 0.05) is 0 Å². The molecule has 0 aliphatic rings. The quantitative estimate of drug-likeness (QED) is 0.742. The average Bonchev–Trinajstić information content (AvgIpc) is 2.81. The number of nitrogens with one attached hydrogen (secondary N) is 2. The molecular weight excluding hydrogens is 252 g/mol. The molecule has 1 aromatic heterocycles. The highest BCUT2D eigenvalue weighted by Gasteiger charge is 2.19. The molecule has 1 aromatic rings. The summed E-state index contributed by atoms with van der Waals surface area (Å²) in [6, 6.07) is 0.516.